The Balaban J connectivity index is 1.37. The van der Waals surface area contributed by atoms with Crippen molar-refractivity contribution in [1.82, 2.24) is 19.4 Å². The van der Waals surface area contributed by atoms with Crippen molar-refractivity contribution >= 4 is 28.6 Å². The average Bonchev–Trinajstić information content (AvgIpc) is 2.94. The number of carboxylic acids is 1. The van der Waals surface area contributed by atoms with E-state index in [1.165, 1.54) is 49.8 Å². The molecule has 3 heterocycles. The number of aromatic nitrogens is 2. The van der Waals surface area contributed by atoms with E-state index in [1.807, 2.05) is 28.8 Å². The minimum atomic E-state index is -1.23. The highest BCUT2D eigenvalue weighted by atomic mass is 16.6. The highest BCUT2D eigenvalue weighted by Crippen LogP contribution is 2.47. The summed E-state index contributed by atoms with van der Waals surface area (Å²) >= 11 is 0. The zero-order valence-corrected chi connectivity index (χ0v) is 24.1. The molecule has 2 saturated carbocycles. The third kappa shape index (κ3) is 5.50. The first-order chi connectivity index (χ1) is 19.8. The number of carbonyl (C=O) groups is 2. The average molecular weight is 564 g/mol. The van der Waals surface area contributed by atoms with Crippen molar-refractivity contribution in [3.8, 4) is 0 Å². The third-order valence-corrected chi connectivity index (χ3v) is 9.87. The number of piperidine rings is 2. The van der Waals surface area contributed by atoms with E-state index in [1.54, 1.807) is 14.1 Å². The molecular weight excluding hydrogens is 522 g/mol. The molecule has 2 aliphatic heterocycles. The van der Waals surface area contributed by atoms with Crippen LogP contribution in [0.2, 0.25) is 0 Å². The van der Waals surface area contributed by atoms with Crippen LogP contribution in [0.1, 0.15) is 82.4 Å². The SMILES string of the molecule is CN(C)C(=O)/C(=N\OCC(=O)O)c1nc2ccccc2n(C2CC3CCCC(C2)N3C2CC3CCCC(C3)C2)c1=O. The molecule has 0 spiro atoms. The van der Waals surface area contributed by atoms with E-state index >= 15 is 0 Å². The molecule has 4 unspecified atom stereocenters. The van der Waals surface area contributed by atoms with Gasteiger partial charge in [0.25, 0.3) is 11.5 Å². The van der Waals surface area contributed by atoms with E-state index in [9.17, 15) is 14.4 Å². The fraction of sp³-hybridized carbons (Fsp3) is 0.645. The first-order valence-corrected chi connectivity index (χ1v) is 15.2. The number of benzene rings is 1. The van der Waals surface area contributed by atoms with E-state index in [4.69, 9.17) is 9.94 Å². The van der Waals surface area contributed by atoms with Crippen LogP contribution < -0.4 is 5.56 Å². The lowest BCUT2D eigenvalue weighted by atomic mass is 9.68. The fourth-order valence-corrected chi connectivity index (χ4v) is 8.35. The van der Waals surface area contributed by atoms with Crippen molar-refractivity contribution in [2.24, 2.45) is 17.0 Å². The number of carboxylic acid groups (broad SMARTS) is 1. The second-order valence-electron chi connectivity index (χ2n) is 12.8. The number of hydrogen-bond donors (Lipinski definition) is 1. The van der Waals surface area contributed by atoms with Crippen molar-refractivity contribution in [3.05, 3.63) is 40.3 Å². The van der Waals surface area contributed by atoms with Crippen LogP contribution in [0.25, 0.3) is 11.0 Å². The second kappa shape index (κ2) is 11.5. The molecule has 1 amide bonds. The highest BCUT2D eigenvalue weighted by molar-refractivity contribution is 6.44. The van der Waals surface area contributed by atoms with Gasteiger partial charge in [-0.2, -0.15) is 0 Å². The summed E-state index contributed by atoms with van der Waals surface area (Å²) in [7, 11) is 3.09. The molecule has 220 valence electrons. The summed E-state index contributed by atoms with van der Waals surface area (Å²) in [6, 6.07) is 9.02. The number of hydrogen-bond acceptors (Lipinski definition) is 7. The smallest absolute Gasteiger partial charge is 0.344 e. The Labute approximate surface area is 240 Å². The Kier molecular flexibility index (Phi) is 7.85. The molecule has 1 aromatic heterocycles. The summed E-state index contributed by atoms with van der Waals surface area (Å²) in [6.07, 6.45) is 13.5. The first kappa shape index (κ1) is 27.9. The standard InChI is InChI=1S/C31H41N5O5/c1-34(2)30(39)29(33-41-18-27(37)38)28-31(40)36(26-12-4-3-11-25(26)32-28)24-16-21-9-6-10-22(17-24)35(21)23-14-19-7-5-8-20(13-19)15-23/h3-4,11-12,19-24H,5-10,13-18H2,1-2H3,(H,37,38)/b33-29-. The lowest BCUT2D eigenvalue weighted by Gasteiger charge is -2.55. The van der Waals surface area contributed by atoms with Crippen molar-refractivity contribution < 1.29 is 19.5 Å². The van der Waals surface area contributed by atoms with E-state index in [2.05, 4.69) is 15.0 Å². The minimum Gasteiger partial charge on any atom is -0.479 e. The topological polar surface area (TPSA) is 117 Å². The molecule has 4 atom stereocenters. The van der Waals surface area contributed by atoms with Gasteiger partial charge in [-0.1, -0.05) is 43.0 Å². The summed E-state index contributed by atoms with van der Waals surface area (Å²) in [5, 5.41) is 12.8. The van der Waals surface area contributed by atoms with Gasteiger partial charge in [0.2, 0.25) is 6.61 Å². The predicted molar refractivity (Wildman–Crippen MR) is 155 cm³/mol. The molecule has 41 heavy (non-hydrogen) atoms. The minimum absolute atomic E-state index is 0.0283. The molecule has 1 N–H and O–H groups in total. The number of amides is 1. The van der Waals surface area contributed by atoms with Crippen LogP contribution in [0.5, 0.6) is 0 Å². The van der Waals surface area contributed by atoms with E-state index < -0.39 is 18.5 Å². The zero-order valence-electron chi connectivity index (χ0n) is 24.1. The Bertz CT molecular complexity index is 1380. The quantitative estimate of drug-likeness (QED) is 0.402. The predicted octanol–water partition coefficient (Wildman–Crippen LogP) is 3.82. The Morgan fingerprint density at radius 3 is 2.27 bits per heavy atom. The molecule has 2 aliphatic carbocycles. The molecule has 4 fully saturated rings. The lowest BCUT2D eigenvalue weighted by molar-refractivity contribution is -0.142. The summed E-state index contributed by atoms with van der Waals surface area (Å²) in [5.41, 5.74) is 0.549. The zero-order chi connectivity index (χ0) is 28.7. The molecule has 10 nitrogen and oxygen atoms in total. The number of oxime groups is 1. The van der Waals surface area contributed by atoms with Gasteiger partial charge in [0.15, 0.2) is 11.4 Å². The molecule has 10 heteroatoms. The summed E-state index contributed by atoms with van der Waals surface area (Å²) in [6.45, 7) is -0.726. The van der Waals surface area contributed by atoms with Crippen LogP contribution in [0.3, 0.4) is 0 Å². The fourth-order valence-electron chi connectivity index (χ4n) is 8.35. The maximum atomic E-state index is 14.2. The normalized spacial score (nSPS) is 30.1. The summed E-state index contributed by atoms with van der Waals surface area (Å²) in [5.74, 6) is -0.0587. The van der Waals surface area contributed by atoms with Crippen LogP contribution in [0.15, 0.2) is 34.2 Å². The van der Waals surface area contributed by atoms with Gasteiger partial charge in [-0.25, -0.2) is 9.78 Å². The van der Waals surface area contributed by atoms with Gasteiger partial charge in [-0.3, -0.25) is 14.5 Å². The molecular formula is C31H41N5O5. The maximum Gasteiger partial charge on any atom is 0.344 e. The molecule has 2 aromatic rings. The van der Waals surface area contributed by atoms with E-state index in [0.29, 0.717) is 23.6 Å². The van der Waals surface area contributed by atoms with Gasteiger partial charge in [-0.15, -0.1) is 0 Å². The van der Waals surface area contributed by atoms with Crippen LogP contribution in [-0.4, -0.2) is 80.9 Å². The lowest BCUT2D eigenvalue weighted by Crippen LogP contribution is -2.58. The van der Waals surface area contributed by atoms with Gasteiger partial charge in [0.1, 0.15) is 0 Å². The van der Waals surface area contributed by atoms with Crippen molar-refractivity contribution in [3.63, 3.8) is 0 Å². The van der Waals surface area contributed by atoms with Gasteiger partial charge in [0.05, 0.1) is 11.0 Å². The molecule has 1 aromatic carbocycles. The van der Waals surface area contributed by atoms with E-state index in [0.717, 1.165) is 43.0 Å². The third-order valence-electron chi connectivity index (χ3n) is 9.87. The Morgan fingerprint density at radius 1 is 0.951 bits per heavy atom. The number of fused-ring (bicyclic) bond motifs is 5. The number of para-hydroxylation sites is 2. The van der Waals surface area contributed by atoms with Gasteiger partial charge in [0, 0.05) is 38.3 Å². The Morgan fingerprint density at radius 2 is 1.61 bits per heavy atom. The number of nitrogens with zero attached hydrogens (tertiary/aromatic N) is 5. The molecule has 6 rings (SSSR count). The number of likely N-dealkylation sites (N-methyl/N-ethyl adjacent to an activating group) is 1. The van der Waals surface area contributed by atoms with Crippen molar-refractivity contribution in [1.29, 1.82) is 0 Å². The largest absolute Gasteiger partial charge is 0.479 e. The second-order valence-corrected chi connectivity index (χ2v) is 12.8. The number of aliphatic carboxylic acids is 1. The monoisotopic (exact) mass is 563 g/mol. The van der Waals surface area contributed by atoms with Crippen molar-refractivity contribution in [2.75, 3.05) is 20.7 Å². The van der Waals surface area contributed by atoms with Crippen LogP contribution in [-0.2, 0) is 14.4 Å². The summed E-state index contributed by atoms with van der Waals surface area (Å²) < 4.78 is 1.84. The molecule has 4 bridgehead atoms. The Hall–Kier alpha value is -3.27. The van der Waals surface area contributed by atoms with Gasteiger partial charge in [-0.05, 0) is 68.9 Å². The van der Waals surface area contributed by atoms with Crippen LogP contribution >= 0.6 is 0 Å². The van der Waals surface area contributed by atoms with Gasteiger partial charge >= 0.3 is 5.97 Å². The number of carbonyl (C=O) groups excluding carboxylic acids is 1. The number of rotatable bonds is 7. The molecule has 4 aliphatic rings. The van der Waals surface area contributed by atoms with Crippen LogP contribution in [0.4, 0.5) is 0 Å². The van der Waals surface area contributed by atoms with Crippen LogP contribution in [0, 0.1) is 11.8 Å². The maximum absolute atomic E-state index is 14.2. The molecule has 2 saturated heterocycles. The van der Waals surface area contributed by atoms with Gasteiger partial charge < -0.3 is 19.4 Å². The van der Waals surface area contributed by atoms with E-state index in [-0.39, 0.29) is 23.0 Å². The van der Waals surface area contributed by atoms with Crippen molar-refractivity contribution in [2.45, 2.75) is 94.8 Å². The molecule has 0 radical (unpaired) electrons. The summed E-state index contributed by atoms with van der Waals surface area (Å²) in [4.78, 5) is 52.1. The first-order valence-electron chi connectivity index (χ1n) is 15.2. The highest BCUT2D eigenvalue weighted by Gasteiger charge is 2.45.